The Bertz CT molecular complexity index is 1240. The maximum atomic E-state index is 14.0. The summed E-state index contributed by atoms with van der Waals surface area (Å²) in [7, 11) is -3.98. The van der Waals surface area contributed by atoms with E-state index in [2.05, 4.69) is 15.5 Å². The number of hydrogen-bond acceptors (Lipinski definition) is 6. The number of alkyl halides is 3. The van der Waals surface area contributed by atoms with Gasteiger partial charge in [0.2, 0.25) is 5.82 Å². The molecular formula is C25H30F3N4O4P. The average molecular weight is 539 g/mol. The SMILES string of the molecule is CC1CCCCN1c1ccc(-c2nc(-c3ccc(CNCCCP(=O)(O)O)cc3)no2)cc1C(F)(F)F. The van der Waals surface area contributed by atoms with Gasteiger partial charge in [-0.05, 0) is 62.9 Å². The summed E-state index contributed by atoms with van der Waals surface area (Å²) >= 11 is 0. The van der Waals surface area contributed by atoms with Gasteiger partial charge >= 0.3 is 13.8 Å². The van der Waals surface area contributed by atoms with Gasteiger partial charge in [-0.15, -0.1) is 0 Å². The second-order valence-corrected chi connectivity index (χ2v) is 11.1. The first-order valence-corrected chi connectivity index (χ1v) is 14.0. The van der Waals surface area contributed by atoms with E-state index >= 15 is 0 Å². The highest BCUT2D eigenvalue weighted by Gasteiger charge is 2.37. The van der Waals surface area contributed by atoms with E-state index in [-0.39, 0.29) is 35.2 Å². The van der Waals surface area contributed by atoms with E-state index in [1.165, 1.54) is 6.07 Å². The molecule has 2 aromatic carbocycles. The van der Waals surface area contributed by atoms with Gasteiger partial charge in [-0.2, -0.15) is 18.2 Å². The lowest BCUT2D eigenvalue weighted by Gasteiger charge is -2.37. The highest BCUT2D eigenvalue weighted by Crippen LogP contribution is 2.41. The maximum absolute atomic E-state index is 14.0. The minimum absolute atomic E-state index is 0.00883. The van der Waals surface area contributed by atoms with Crippen LogP contribution in [0.4, 0.5) is 18.9 Å². The molecule has 8 nitrogen and oxygen atoms in total. The largest absolute Gasteiger partial charge is 0.418 e. The van der Waals surface area contributed by atoms with Gasteiger partial charge in [0.05, 0.1) is 11.7 Å². The van der Waals surface area contributed by atoms with Crippen molar-refractivity contribution >= 4 is 13.3 Å². The first-order valence-electron chi connectivity index (χ1n) is 12.2. The van der Waals surface area contributed by atoms with E-state index < -0.39 is 19.3 Å². The second kappa shape index (κ2) is 11.3. The zero-order valence-corrected chi connectivity index (χ0v) is 21.3. The summed E-state index contributed by atoms with van der Waals surface area (Å²) in [6.45, 7) is 3.52. The zero-order valence-electron chi connectivity index (χ0n) is 20.4. The normalized spacial score (nSPS) is 16.8. The Morgan fingerprint density at radius 2 is 1.86 bits per heavy atom. The predicted octanol–water partition coefficient (Wildman–Crippen LogP) is 5.46. The van der Waals surface area contributed by atoms with Crippen LogP contribution in [-0.2, 0) is 17.3 Å². The Balaban J connectivity index is 1.46. The van der Waals surface area contributed by atoms with E-state index in [0.29, 0.717) is 31.6 Å². The lowest BCUT2D eigenvalue weighted by Crippen LogP contribution is -2.38. The van der Waals surface area contributed by atoms with Gasteiger partial charge in [-0.1, -0.05) is 29.4 Å². The zero-order chi connectivity index (χ0) is 26.6. The fourth-order valence-corrected chi connectivity index (χ4v) is 5.05. The van der Waals surface area contributed by atoms with Crippen LogP contribution < -0.4 is 10.2 Å². The van der Waals surface area contributed by atoms with Gasteiger partial charge in [-0.3, -0.25) is 4.57 Å². The van der Waals surface area contributed by atoms with Gasteiger partial charge in [0.25, 0.3) is 5.89 Å². The van der Waals surface area contributed by atoms with E-state index in [9.17, 15) is 17.7 Å². The van der Waals surface area contributed by atoms with Crippen LogP contribution in [-0.4, -0.2) is 45.2 Å². The van der Waals surface area contributed by atoms with Crippen LogP contribution in [0.15, 0.2) is 47.0 Å². The quantitative estimate of drug-likeness (QED) is 0.243. The smallest absolute Gasteiger partial charge is 0.368 e. The molecule has 1 fully saturated rings. The Labute approximate surface area is 213 Å². The van der Waals surface area contributed by atoms with Crippen molar-refractivity contribution < 1.29 is 32.0 Å². The van der Waals surface area contributed by atoms with Crippen molar-refractivity contribution in [3.05, 3.63) is 53.6 Å². The summed E-state index contributed by atoms with van der Waals surface area (Å²) in [5.41, 5.74) is 1.26. The van der Waals surface area contributed by atoms with Crippen molar-refractivity contribution in [2.75, 3.05) is 24.2 Å². The highest BCUT2D eigenvalue weighted by atomic mass is 31.2. The highest BCUT2D eigenvalue weighted by molar-refractivity contribution is 7.51. The molecule has 0 saturated carbocycles. The third-order valence-electron chi connectivity index (χ3n) is 6.43. The molecule has 1 aliphatic heterocycles. The monoisotopic (exact) mass is 538 g/mol. The number of aromatic nitrogens is 2. The van der Waals surface area contributed by atoms with Crippen molar-refractivity contribution in [1.29, 1.82) is 0 Å². The van der Waals surface area contributed by atoms with Crippen LogP contribution in [0.1, 0.15) is 43.7 Å². The molecule has 0 amide bonds. The number of rotatable bonds is 9. The number of benzene rings is 2. The van der Waals surface area contributed by atoms with Crippen LogP contribution in [0.25, 0.3) is 22.8 Å². The Morgan fingerprint density at radius 1 is 1.14 bits per heavy atom. The Kier molecular flexibility index (Phi) is 8.38. The molecule has 12 heteroatoms. The van der Waals surface area contributed by atoms with Crippen molar-refractivity contribution in [2.24, 2.45) is 0 Å². The fourth-order valence-electron chi connectivity index (χ4n) is 4.47. The molecular weight excluding hydrogens is 508 g/mol. The van der Waals surface area contributed by atoms with Crippen LogP contribution in [0, 0.1) is 0 Å². The molecule has 1 atom stereocenters. The first kappa shape index (κ1) is 27.3. The molecule has 0 radical (unpaired) electrons. The van der Waals surface area contributed by atoms with Crippen LogP contribution in [0.3, 0.4) is 0 Å². The van der Waals surface area contributed by atoms with Crippen molar-refractivity contribution in [2.45, 2.75) is 51.4 Å². The number of piperidine rings is 1. The van der Waals surface area contributed by atoms with E-state index in [1.807, 2.05) is 24.0 Å². The summed E-state index contributed by atoms with van der Waals surface area (Å²) < 4.78 is 58.1. The number of nitrogens with zero attached hydrogens (tertiary/aromatic N) is 3. The minimum Gasteiger partial charge on any atom is -0.368 e. The van der Waals surface area contributed by atoms with Crippen LogP contribution in [0.2, 0.25) is 0 Å². The molecule has 0 aliphatic carbocycles. The van der Waals surface area contributed by atoms with Crippen molar-refractivity contribution in [3.8, 4) is 22.8 Å². The molecule has 1 saturated heterocycles. The fraction of sp³-hybridized carbons (Fsp3) is 0.440. The molecule has 200 valence electrons. The Hall–Kier alpha value is -2.72. The molecule has 1 aromatic heterocycles. The molecule has 3 aromatic rings. The molecule has 4 rings (SSSR count). The van der Waals surface area contributed by atoms with Gasteiger partial charge in [-0.25, -0.2) is 0 Å². The van der Waals surface area contributed by atoms with E-state index in [4.69, 9.17) is 14.3 Å². The lowest BCUT2D eigenvalue weighted by atomic mass is 9.99. The molecule has 2 heterocycles. The number of hydrogen-bond donors (Lipinski definition) is 3. The molecule has 1 aliphatic rings. The standard InChI is InChI=1S/C25H30F3N4O4P/c1-17-5-2-3-13-32(17)22-11-10-20(15-21(22)25(26,27)28)24-30-23(31-36-24)19-8-6-18(7-9-19)16-29-12-4-14-37(33,34)35/h6-11,15,17,29H,2-5,12-14,16H2,1H3,(H2,33,34,35). The molecule has 3 N–H and O–H groups in total. The van der Waals surface area contributed by atoms with Gasteiger partial charge in [0, 0.05) is 35.9 Å². The summed E-state index contributed by atoms with van der Waals surface area (Å²) in [6, 6.07) is 11.4. The topological polar surface area (TPSA) is 112 Å². The van der Waals surface area contributed by atoms with Gasteiger partial charge in [0.15, 0.2) is 0 Å². The molecule has 0 spiro atoms. The number of anilines is 1. The van der Waals surface area contributed by atoms with E-state index in [1.54, 1.807) is 18.2 Å². The third kappa shape index (κ3) is 7.19. The maximum Gasteiger partial charge on any atom is 0.418 e. The van der Waals surface area contributed by atoms with Crippen LogP contribution >= 0.6 is 7.60 Å². The van der Waals surface area contributed by atoms with Crippen LogP contribution in [0.5, 0.6) is 0 Å². The number of halogens is 3. The van der Waals surface area contributed by atoms with Gasteiger partial charge < -0.3 is 24.5 Å². The Morgan fingerprint density at radius 3 is 2.54 bits per heavy atom. The molecule has 37 heavy (non-hydrogen) atoms. The molecule has 1 unspecified atom stereocenters. The summed E-state index contributed by atoms with van der Waals surface area (Å²) in [6.07, 6.45) is -1.59. The summed E-state index contributed by atoms with van der Waals surface area (Å²) in [5.74, 6) is 0.271. The second-order valence-electron chi connectivity index (χ2n) is 9.31. The van der Waals surface area contributed by atoms with Crippen molar-refractivity contribution in [3.63, 3.8) is 0 Å². The third-order valence-corrected chi connectivity index (χ3v) is 7.33. The number of nitrogens with one attached hydrogen (secondary N) is 1. The minimum atomic E-state index is -4.52. The summed E-state index contributed by atoms with van der Waals surface area (Å²) in [4.78, 5) is 23.9. The van der Waals surface area contributed by atoms with E-state index in [0.717, 1.165) is 30.9 Å². The predicted molar refractivity (Wildman–Crippen MR) is 134 cm³/mol. The van der Waals surface area contributed by atoms with Crippen molar-refractivity contribution in [1.82, 2.24) is 15.5 Å². The molecule has 0 bridgehead atoms. The average Bonchev–Trinajstić information content (AvgIpc) is 3.33. The van der Waals surface area contributed by atoms with Gasteiger partial charge in [0.1, 0.15) is 0 Å². The lowest BCUT2D eigenvalue weighted by molar-refractivity contribution is -0.137. The first-order chi connectivity index (χ1) is 17.5. The summed E-state index contributed by atoms with van der Waals surface area (Å²) in [5, 5.41) is 7.07.